The van der Waals surface area contributed by atoms with E-state index in [0.29, 0.717) is 24.7 Å². The highest BCUT2D eigenvalue weighted by Crippen LogP contribution is 2.33. The molecule has 92 valence electrons. The van der Waals surface area contributed by atoms with Crippen LogP contribution in [-0.4, -0.2) is 17.7 Å². The van der Waals surface area contributed by atoms with E-state index in [0.717, 1.165) is 0 Å². The molecule has 1 rings (SSSR count). The monoisotopic (exact) mass is 228 g/mol. The van der Waals surface area contributed by atoms with Gasteiger partial charge in [0, 0.05) is 12.8 Å². The maximum atomic E-state index is 11.3. The third kappa shape index (κ3) is 3.51. The molecule has 0 atom stereocenters. The summed E-state index contributed by atoms with van der Waals surface area (Å²) in [5, 5.41) is 0. The zero-order valence-electron chi connectivity index (χ0n) is 10.4. The Morgan fingerprint density at radius 3 is 1.69 bits per heavy atom. The molecule has 0 N–H and O–H groups in total. The largest absolute Gasteiger partial charge is 0.422 e. The Morgan fingerprint density at radius 1 is 1.00 bits per heavy atom. The van der Waals surface area contributed by atoms with Crippen LogP contribution in [0.3, 0.4) is 0 Å². The number of esters is 2. The summed E-state index contributed by atoms with van der Waals surface area (Å²) in [6.45, 7) is 8.05. The van der Waals surface area contributed by atoms with Crippen molar-refractivity contribution >= 4 is 11.9 Å². The fourth-order valence-electron chi connectivity index (χ4n) is 2.12. The minimum Gasteiger partial charge on any atom is -0.422 e. The van der Waals surface area contributed by atoms with Crippen LogP contribution in [0.25, 0.3) is 0 Å². The van der Waals surface area contributed by atoms with Crippen molar-refractivity contribution in [3.63, 3.8) is 0 Å². The molecule has 4 heteroatoms. The molecule has 0 radical (unpaired) electrons. The molecular formula is C12H20O4. The van der Waals surface area contributed by atoms with E-state index in [2.05, 4.69) is 0 Å². The Morgan fingerprint density at radius 2 is 1.38 bits per heavy atom. The van der Waals surface area contributed by atoms with Crippen LogP contribution < -0.4 is 0 Å². The number of hydrogen-bond acceptors (Lipinski definition) is 4. The van der Waals surface area contributed by atoms with Crippen LogP contribution in [0.5, 0.6) is 0 Å². The van der Waals surface area contributed by atoms with E-state index in [1.54, 1.807) is 0 Å². The lowest BCUT2D eigenvalue weighted by Gasteiger charge is -2.38. The molecule has 0 aromatic heterocycles. The Hall–Kier alpha value is -1.06. The Kier molecular flexibility index (Phi) is 3.94. The van der Waals surface area contributed by atoms with Crippen LogP contribution in [0.1, 0.15) is 47.0 Å². The number of carbonyl (C=O) groups is 2. The summed E-state index contributed by atoms with van der Waals surface area (Å²) in [5.74, 6) is -1.38. The van der Waals surface area contributed by atoms with Crippen LogP contribution in [-0.2, 0) is 19.1 Å². The molecule has 0 saturated carbocycles. The molecule has 1 aliphatic heterocycles. The van der Waals surface area contributed by atoms with Crippen LogP contribution in [0, 0.1) is 11.8 Å². The van der Waals surface area contributed by atoms with E-state index in [4.69, 9.17) is 9.47 Å². The SMILES string of the molecule is CC(C)CC1(CC(C)C)OC(=O)CC(=O)O1. The van der Waals surface area contributed by atoms with Crippen molar-refractivity contribution in [3.8, 4) is 0 Å². The molecule has 4 nitrogen and oxygen atoms in total. The first-order valence-electron chi connectivity index (χ1n) is 5.76. The minimum atomic E-state index is -1.03. The maximum absolute atomic E-state index is 11.3. The normalized spacial score (nSPS) is 19.9. The van der Waals surface area contributed by atoms with Crippen molar-refractivity contribution in [2.75, 3.05) is 0 Å². The summed E-state index contributed by atoms with van der Waals surface area (Å²) in [4.78, 5) is 22.7. The van der Waals surface area contributed by atoms with Gasteiger partial charge in [-0.1, -0.05) is 27.7 Å². The second-order valence-corrected chi connectivity index (χ2v) is 5.23. The van der Waals surface area contributed by atoms with Crippen molar-refractivity contribution in [2.24, 2.45) is 11.8 Å². The summed E-state index contributed by atoms with van der Waals surface area (Å²) < 4.78 is 10.6. The molecule has 1 aliphatic rings. The Labute approximate surface area is 96.3 Å². The molecule has 0 bridgehead atoms. The first-order chi connectivity index (χ1) is 7.33. The zero-order chi connectivity index (χ0) is 12.3. The quantitative estimate of drug-likeness (QED) is 0.547. The number of rotatable bonds is 4. The molecule has 1 saturated heterocycles. The topological polar surface area (TPSA) is 52.6 Å². The van der Waals surface area contributed by atoms with E-state index in [-0.39, 0.29) is 6.42 Å². The van der Waals surface area contributed by atoms with Crippen LogP contribution in [0.4, 0.5) is 0 Å². The molecule has 0 unspecified atom stereocenters. The third-order valence-corrected chi connectivity index (χ3v) is 2.33. The van der Waals surface area contributed by atoms with Gasteiger partial charge in [0.15, 0.2) is 0 Å². The highest BCUT2D eigenvalue weighted by Gasteiger charge is 2.44. The van der Waals surface area contributed by atoms with Gasteiger partial charge in [-0.15, -0.1) is 0 Å². The third-order valence-electron chi connectivity index (χ3n) is 2.33. The lowest BCUT2D eigenvalue weighted by molar-refractivity contribution is -0.253. The molecule has 16 heavy (non-hydrogen) atoms. The highest BCUT2D eigenvalue weighted by molar-refractivity contribution is 5.93. The first kappa shape index (κ1) is 13.0. The van der Waals surface area contributed by atoms with Crippen molar-refractivity contribution in [3.05, 3.63) is 0 Å². The van der Waals surface area contributed by atoms with Gasteiger partial charge in [-0.05, 0) is 11.8 Å². The van der Waals surface area contributed by atoms with Crippen molar-refractivity contribution < 1.29 is 19.1 Å². The summed E-state index contributed by atoms with van der Waals surface area (Å²) in [6, 6.07) is 0. The summed E-state index contributed by atoms with van der Waals surface area (Å²) in [6.07, 6.45) is 0.850. The van der Waals surface area contributed by atoms with Gasteiger partial charge < -0.3 is 9.47 Å². The highest BCUT2D eigenvalue weighted by atomic mass is 16.7. The average molecular weight is 228 g/mol. The Bertz CT molecular complexity index is 253. The van der Waals surface area contributed by atoms with E-state index < -0.39 is 17.7 Å². The van der Waals surface area contributed by atoms with Crippen LogP contribution in [0.2, 0.25) is 0 Å². The van der Waals surface area contributed by atoms with Gasteiger partial charge in [0.1, 0.15) is 6.42 Å². The van der Waals surface area contributed by atoms with E-state index in [1.165, 1.54) is 0 Å². The molecule has 0 aromatic carbocycles. The van der Waals surface area contributed by atoms with Crippen molar-refractivity contribution in [1.82, 2.24) is 0 Å². The smallest absolute Gasteiger partial charge is 0.320 e. The van der Waals surface area contributed by atoms with Gasteiger partial charge in [0.2, 0.25) is 0 Å². The van der Waals surface area contributed by atoms with Crippen LogP contribution in [0.15, 0.2) is 0 Å². The second-order valence-electron chi connectivity index (χ2n) is 5.23. The fourth-order valence-corrected chi connectivity index (χ4v) is 2.12. The lowest BCUT2D eigenvalue weighted by atomic mass is 9.93. The molecule has 0 aromatic rings. The predicted octanol–water partition coefficient (Wildman–Crippen LogP) is 2.27. The zero-order valence-corrected chi connectivity index (χ0v) is 10.4. The van der Waals surface area contributed by atoms with Crippen LogP contribution >= 0.6 is 0 Å². The Balaban J connectivity index is 2.84. The maximum Gasteiger partial charge on any atom is 0.320 e. The molecule has 1 heterocycles. The number of cyclic esters (lactones) is 2. The first-order valence-corrected chi connectivity index (χ1v) is 5.76. The molecule has 1 fully saturated rings. The standard InChI is InChI=1S/C12H20O4/c1-8(2)6-12(7-9(3)4)15-10(13)5-11(14)16-12/h8-9H,5-7H2,1-4H3. The minimum absolute atomic E-state index is 0.266. The number of ether oxygens (including phenoxy) is 2. The molecule has 0 aliphatic carbocycles. The summed E-state index contributed by atoms with van der Waals surface area (Å²) >= 11 is 0. The summed E-state index contributed by atoms with van der Waals surface area (Å²) in [7, 11) is 0. The number of carbonyl (C=O) groups excluding carboxylic acids is 2. The van der Waals surface area contributed by atoms with Gasteiger partial charge in [-0.3, -0.25) is 9.59 Å². The molecule has 0 spiro atoms. The average Bonchev–Trinajstić information content (AvgIpc) is 1.95. The fraction of sp³-hybridized carbons (Fsp3) is 0.833. The van der Waals surface area contributed by atoms with Gasteiger partial charge in [0.05, 0.1) is 0 Å². The van der Waals surface area contributed by atoms with Gasteiger partial charge >= 0.3 is 11.9 Å². The van der Waals surface area contributed by atoms with E-state index in [9.17, 15) is 9.59 Å². The van der Waals surface area contributed by atoms with Gasteiger partial charge in [0.25, 0.3) is 5.79 Å². The van der Waals surface area contributed by atoms with Gasteiger partial charge in [-0.25, -0.2) is 0 Å². The molecule has 0 amide bonds. The molecular weight excluding hydrogens is 208 g/mol. The predicted molar refractivity (Wildman–Crippen MR) is 58.4 cm³/mol. The second kappa shape index (κ2) is 4.85. The van der Waals surface area contributed by atoms with E-state index >= 15 is 0 Å². The van der Waals surface area contributed by atoms with Crippen molar-refractivity contribution in [1.29, 1.82) is 0 Å². The lowest BCUT2D eigenvalue weighted by Crippen LogP contribution is -2.47. The van der Waals surface area contributed by atoms with Gasteiger partial charge in [-0.2, -0.15) is 0 Å². The van der Waals surface area contributed by atoms with Crippen molar-refractivity contribution in [2.45, 2.75) is 52.7 Å². The van der Waals surface area contributed by atoms with E-state index in [1.807, 2.05) is 27.7 Å². The summed E-state index contributed by atoms with van der Waals surface area (Å²) in [5.41, 5.74) is 0. The number of hydrogen-bond donors (Lipinski definition) is 0.